The number of rotatable bonds is 4. The number of esters is 1. The highest BCUT2D eigenvalue weighted by Crippen LogP contribution is 2.35. The molecular weight excluding hydrogens is 458 g/mol. The summed E-state index contributed by atoms with van der Waals surface area (Å²) in [7, 11) is 0. The molecule has 4 rings (SSSR count). The van der Waals surface area contributed by atoms with E-state index in [0.29, 0.717) is 23.1 Å². The number of hydrogen-bond acceptors (Lipinski definition) is 6. The molecule has 2 aromatic carbocycles. The van der Waals surface area contributed by atoms with Gasteiger partial charge in [0.1, 0.15) is 11.2 Å². The van der Waals surface area contributed by atoms with Gasteiger partial charge in [-0.05, 0) is 63.6 Å². The lowest BCUT2D eigenvalue weighted by Crippen LogP contribution is -2.39. The van der Waals surface area contributed by atoms with Gasteiger partial charge in [0.2, 0.25) is 0 Å². The third kappa shape index (κ3) is 5.25. The third-order valence-corrected chi connectivity index (χ3v) is 5.81. The Balaban J connectivity index is 1.65. The Morgan fingerprint density at radius 2 is 1.74 bits per heavy atom. The average Bonchev–Trinajstić information content (AvgIpc) is 2.78. The number of carbonyl (C=O) groups is 2. The van der Waals surface area contributed by atoms with Crippen LogP contribution in [0.5, 0.6) is 5.75 Å². The number of fused-ring (bicyclic) bond motifs is 3. The predicted molar refractivity (Wildman–Crippen MR) is 128 cm³/mol. The van der Waals surface area contributed by atoms with Crippen molar-refractivity contribution in [1.82, 2.24) is 5.32 Å². The van der Waals surface area contributed by atoms with Gasteiger partial charge in [-0.25, -0.2) is 14.4 Å². The van der Waals surface area contributed by atoms with Gasteiger partial charge in [-0.2, -0.15) is 0 Å². The molecule has 0 spiro atoms. The predicted octanol–water partition coefficient (Wildman–Crippen LogP) is 5.50. The van der Waals surface area contributed by atoms with Crippen LogP contribution in [0.4, 0.5) is 4.79 Å². The number of carbonyl (C=O) groups excluding carboxylic acids is 2. The zero-order chi connectivity index (χ0) is 24.5. The van der Waals surface area contributed by atoms with Crippen LogP contribution in [0, 0.1) is 0 Å². The number of ether oxygens (including phenoxy) is 2. The summed E-state index contributed by atoms with van der Waals surface area (Å²) in [4.78, 5) is 38.0. The molecular formula is C26H26ClNO6. The number of nitrogens with one attached hydrogen (secondary N) is 1. The van der Waals surface area contributed by atoms with E-state index in [9.17, 15) is 14.4 Å². The van der Waals surface area contributed by atoms with Crippen molar-refractivity contribution < 1.29 is 23.5 Å². The summed E-state index contributed by atoms with van der Waals surface area (Å²) in [5.74, 6) is -0.733. The Morgan fingerprint density at radius 3 is 2.41 bits per heavy atom. The van der Waals surface area contributed by atoms with E-state index in [-0.39, 0.29) is 16.4 Å². The lowest BCUT2D eigenvalue weighted by Gasteiger charge is -2.23. The van der Waals surface area contributed by atoms with Crippen molar-refractivity contribution in [3.63, 3.8) is 0 Å². The number of benzene rings is 2. The highest BCUT2D eigenvalue weighted by molar-refractivity contribution is 6.33. The van der Waals surface area contributed by atoms with Crippen molar-refractivity contribution >= 4 is 34.6 Å². The van der Waals surface area contributed by atoms with E-state index >= 15 is 0 Å². The molecule has 0 fully saturated rings. The molecule has 1 atom stereocenters. The molecule has 3 aromatic rings. The summed E-state index contributed by atoms with van der Waals surface area (Å²) < 4.78 is 16.4. The fourth-order valence-electron chi connectivity index (χ4n) is 4.04. The van der Waals surface area contributed by atoms with Crippen LogP contribution >= 0.6 is 11.6 Å². The molecule has 7 nitrogen and oxygen atoms in total. The molecule has 0 saturated heterocycles. The maximum Gasteiger partial charge on any atom is 0.408 e. The van der Waals surface area contributed by atoms with Crippen LogP contribution in [0.15, 0.2) is 51.7 Å². The molecule has 0 saturated carbocycles. The second-order valence-electron chi connectivity index (χ2n) is 9.24. The second kappa shape index (κ2) is 9.50. The summed E-state index contributed by atoms with van der Waals surface area (Å²) in [5.41, 5.74) is 1.31. The van der Waals surface area contributed by atoms with Gasteiger partial charge in [0.05, 0.1) is 5.02 Å². The summed E-state index contributed by atoms with van der Waals surface area (Å²) in [5, 5.41) is 3.51. The van der Waals surface area contributed by atoms with Gasteiger partial charge >= 0.3 is 17.7 Å². The molecule has 1 aromatic heterocycles. The van der Waals surface area contributed by atoms with Crippen molar-refractivity contribution in [3.8, 4) is 5.75 Å². The number of hydrogen-bond donors (Lipinski definition) is 1. The number of amides is 1. The average molecular weight is 484 g/mol. The Hall–Kier alpha value is -3.32. The molecule has 1 aliphatic carbocycles. The topological polar surface area (TPSA) is 94.8 Å². The molecule has 0 radical (unpaired) electrons. The van der Waals surface area contributed by atoms with Crippen LogP contribution in [0.1, 0.15) is 56.3 Å². The van der Waals surface area contributed by atoms with Gasteiger partial charge < -0.3 is 19.2 Å². The Kier molecular flexibility index (Phi) is 6.66. The minimum Gasteiger partial charge on any atom is -0.444 e. The first-order valence-electron chi connectivity index (χ1n) is 11.2. The van der Waals surface area contributed by atoms with Crippen molar-refractivity contribution in [2.24, 2.45) is 0 Å². The fraction of sp³-hybridized carbons (Fsp3) is 0.346. The first kappa shape index (κ1) is 23.8. The number of aryl methyl sites for hydroxylation is 1. The number of halogens is 1. The summed E-state index contributed by atoms with van der Waals surface area (Å²) in [6.07, 6.45) is 2.60. The molecule has 0 aliphatic heterocycles. The van der Waals surface area contributed by atoms with Crippen LogP contribution in [0.2, 0.25) is 5.02 Å². The third-order valence-electron chi connectivity index (χ3n) is 5.52. The zero-order valence-electron chi connectivity index (χ0n) is 19.3. The molecule has 1 N–H and O–H groups in total. The highest BCUT2D eigenvalue weighted by atomic mass is 35.5. The summed E-state index contributed by atoms with van der Waals surface area (Å²) in [6.45, 7) is 5.18. The molecule has 0 bridgehead atoms. The maximum absolute atomic E-state index is 13.2. The zero-order valence-corrected chi connectivity index (χ0v) is 20.0. The van der Waals surface area contributed by atoms with Crippen LogP contribution in [0.3, 0.4) is 0 Å². The SMILES string of the molecule is CC(C)(C)OC(=O)NC(C(=O)Oc1cc2oc(=O)c3c(c2cc1Cl)CCCC3)c1ccccc1. The van der Waals surface area contributed by atoms with Crippen molar-refractivity contribution in [2.45, 2.75) is 58.1 Å². The minimum atomic E-state index is -1.14. The minimum absolute atomic E-state index is 0.0324. The first-order valence-corrected chi connectivity index (χ1v) is 11.5. The molecule has 1 aliphatic rings. The Labute approximate surface area is 202 Å². The largest absolute Gasteiger partial charge is 0.444 e. The van der Waals surface area contributed by atoms with Crippen LogP contribution < -0.4 is 15.7 Å². The van der Waals surface area contributed by atoms with Gasteiger partial charge in [-0.15, -0.1) is 0 Å². The van der Waals surface area contributed by atoms with E-state index in [1.807, 2.05) is 0 Å². The lowest BCUT2D eigenvalue weighted by molar-refractivity contribution is -0.137. The second-order valence-corrected chi connectivity index (χ2v) is 9.65. The van der Waals surface area contributed by atoms with Crippen molar-refractivity contribution in [1.29, 1.82) is 0 Å². The number of alkyl carbamates (subject to hydrolysis) is 1. The molecule has 1 amide bonds. The Morgan fingerprint density at radius 1 is 1.06 bits per heavy atom. The highest BCUT2D eigenvalue weighted by Gasteiger charge is 2.28. The Bertz CT molecular complexity index is 1290. The van der Waals surface area contributed by atoms with E-state index in [1.165, 1.54) is 6.07 Å². The van der Waals surface area contributed by atoms with Gasteiger partial charge in [-0.3, -0.25) is 0 Å². The smallest absolute Gasteiger partial charge is 0.408 e. The van der Waals surface area contributed by atoms with E-state index < -0.39 is 23.7 Å². The van der Waals surface area contributed by atoms with Crippen LogP contribution in [0.25, 0.3) is 11.0 Å². The first-order chi connectivity index (χ1) is 16.1. The van der Waals surface area contributed by atoms with Crippen LogP contribution in [-0.4, -0.2) is 17.7 Å². The van der Waals surface area contributed by atoms with E-state index in [0.717, 1.165) is 30.2 Å². The standard InChI is InChI=1S/C26H26ClNO6/c1-26(2,3)34-25(31)28-22(15-9-5-4-6-10-15)24(30)33-21-14-20-18(13-19(21)27)16-11-7-8-12-17(16)23(29)32-20/h4-6,9-10,13-14,22H,7-8,11-12H2,1-3H3,(H,28,31). The van der Waals surface area contributed by atoms with E-state index in [4.69, 9.17) is 25.5 Å². The monoisotopic (exact) mass is 483 g/mol. The van der Waals surface area contributed by atoms with E-state index in [1.54, 1.807) is 57.2 Å². The van der Waals surface area contributed by atoms with Crippen LogP contribution in [-0.2, 0) is 22.4 Å². The normalized spacial score (nSPS) is 14.2. The lowest BCUT2D eigenvalue weighted by atomic mass is 9.90. The molecule has 1 heterocycles. The van der Waals surface area contributed by atoms with Gasteiger partial charge in [0, 0.05) is 17.0 Å². The maximum atomic E-state index is 13.2. The van der Waals surface area contributed by atoms with Gasteiger partial charge in [0.25, 0.3) is 0 Å². The molecule has 178 valence electrons. The van der Waals surface area contributed by atoms with Crippen molar-refractivity contribution in [3.05, 3.63) is 74.6 Å². The van der Waals surface area contributed by atoms with Gasteiger partial charge in [0.15, 0.2) is 11.8 Å². The fourth-order valence-corrected chi connectivity index (χ4v) is 4.24. The summed E-state index contributed by atoms with van der Waals surface area (Å²) in [6, 6.07) is 10.6. The van der Waals surface area contributed by atoms with E-state index in [2.05, 4.69) is 5.32 Å². The van der Waals surface area contributed by atoms with Gasteiger partial charge in [-0.1, -0.05) is 41.9 Å². The quantitative estimate of drug-likeness (QED) is 0.299. The summed E-state index contributed by atoms with van der Waals surface area (Å²) >= 11 is 6.46. The molecule has 34 heavy (non-hydrogen) atoms. The molecule has 1 unspecified atom stereocenters. The van der Waals surface area contributed by atoms with Crippen molar-refractivity contribution in [2.75, 3.05) is 0 Å². The molecule has 8 heteroatoms.